The Morgan fingerprint density at radius 2 is 2.00 bits per heavy atom. The Balaban J connectivity index is 2.30. The van der Waals surface area contributed by atoms with E-state index in [1.54, 1.807) is 19.9 Å². The molecular weight excluding hydrogens is 298 g/mol. The van der Waals surface area contributed by atoms with Crippen LogP contribution in [0.2, 0.25) is 0 Å². The summed E-state index contributed by atoms with van der Waals surface area (Å²) in [6.45, 7) is 5.54. The van der Waals surface area contributed by atoms with Crippen molar-refractivity contribution >= 4 is 25.6 Å². The second-order valence-corrected chi connectivity index (χ2v) is 7.89. The van der Waals surface area contributed by atoms with E-state index in [1.165, 1.54) is 6.07 Å². The van der Waals surface area contributed by atoms with Gasteiger partial charge >= 0.3 is 0 Å². The zero-order chi connectivity index (χ0) is 15.1. The van der Waals surface area contributed by atoms with E-state index >= 15 is 0 Å². The number of carbonyl (C=O) groups excluding carboxylic acids is 1. The average molecular weight is 316 g/mol. The van der Waals surface area contributed by atoms with Gasteiger partial charge in [-0.15, -0.1) is 0 Å². The van der Waals surface area contributed by atoms with Crippen molar-refractivity contribution in [3.63, 3.8) is 0 Å². The molecule has 0 aromatic heterocycles. The molecule has 4 nitrogen and oxygen atoms in total. The standard InChI is InChI=1S/C14H18ClNO3S/c1-4-10-6-12(10)16-14(17)11-7-13(20(15,18)19)9(3)5-8(11)2/h5,7,10,12H,4,6H2,1-3H3,(H,16,17). The fourth-order valence-corrected chi connectivity index (χ4v) is 3.66. The third kappa shape index (κ3) is 3.15. The number of nitrogens with one attached hydrogen (secondary N) is 1. The molecule has 0 radical (unpaired) electrons. The van der Waals surface area contributed by atoms with Gasteiger partial charge in [0.25, 0.3) is 15.0 Å². The Hall–Kier alpha value is -1.07. The van der Waals surface area contributed by atoms with Crippen LogP contribution in [0.15, 0.2) is 17.0 Å². The molecule has 110 valence electrons. The van der Waals surface area contributed by atoms with Crippen molar-refractivity contribution in [3.05, 3.63) is 28.8 Å². The van der Waals surface area contributed by atoms with Crippen molar-refractivity contribution in [3.8, 4) is 0 Å². The maximum Gasteiger partial charge on any atom is 0.261 e. The summed E-state index contributed by atoms with van der Waals surface area (Å²) in [5.74, 6) is 0.311. The van der Waals surface area contributed by atoms with E-state index in [-0.39, 0.29) is 16.8 Å². The van der Waals surface area contributed by atoms with Crippen LogP contribution in [0.5, 0.6) is 0 Å². The van der Waals surface area contributed by atoms with Crippen LogP contribution in [-0.2, 0) is 9.05 Å². The summed E-state index contributed by atoms with van der Waals surface area (Å²) in [5.41, 5.74) is 1.67. The topological polar surface area (TPSA) is 63.2 Å². The monoisotopic (exact) mass is 315 g/mol. The molecule has 0 aliphatic heterocycles. The van der Waals surface area contributed by atoms with Gasteiger partial charge in [-0.25, -0.2) is 8.42 Å². The normalized spacial score (nSPS) is 21.6. The minimum Gasteiger partial charge on any atom is -0.349 e. The van der Waals surface area contributed by atoms with Crippen LogP contribution in [-0.4, -0.2) is 20.4 Å². The van der Waals surface area contributed by atoms with E-state index in [2.05, 4.69) is 12.2 Å². The molecule has 1 aliphatic rings. The van der Waals surface area contributed by atoms with Crippen molar-refractivity contribution in [1.82, 2.24) is 5.32 Å². The van der Waals surface area contributed by atoms with E-state index in [9.17, 15) is 13.2 Å². The molecule has 1 aromatic rings. The van der Waals surface area contributed by atoms with E-state index in [1.807, 2.05) is 0 Å². The molecule has 0 spiro atoms. The van der Waals surface area contributed by atoms with Crippen LogP contribution in [0.1, 0.15) is 41.3 Å². The molecule has 0 heterocycles. The van der Waals surface area contributed by atoms with E-state index < -0.39 is 9.05 Å². The number of hydrogen-bond acceptors (Lipinski definition) is 3. The van der Waals surface area contributed by atoms with Crippen molar-refractivity contribution in [2.75, 3.05) is 0 Å². The number of carbonyl (C=O) groups is 1. The number of amides is 1. The molecule has 2 atom stereocenters. The molecule has 1 amide bonds. The lowest BCUT2D eigenvalue weighted by Crippen LogP contribution is -2.27. The highest BCUT2D eigenvalue weighted by Gasteiger charge is 2.36. The highest BCUT2D eigenvalue weighted by atomic mass is 35.7. The molecule has 1 aliphatic carbocycles. The van der Waals surface area contributed by atoms with Gasteiger partial charge in [0.05, 0.1) is 4.90 Å². The summed E-state index contributed by atoms with van der Waals surface area (Å²) in [4.78, 5) is 12.2. The Morgan fingerprint density at radius 1 is 1.35 bits per heavy atom. The van der Waals surface area contributed by atoms with Crippen LogP contribution in [0.3, 0.4) is 0 Å². The molecule has 1 saturated carbocycles. The van der Waals surface area contributed by atoms with E-state index in [4.69, 9.17) is 10.7 Å². The zero-order valence-corrected chi connectivity index (χ0v) is 13.3. The van der Waals surface area contributed by atoms with Gasteiger partial charge in [0, 0.05) is 22.3 Å². The van der Waals surface area contributed by atoms with E-state index in [0.717, 1.165) is 18.4 Å². The Kier molecular flexibility index (Phi) is 4.12. The predicted octanol–water partition coefficient (Wildman–Crippen LogP) is 2.76. The summed E-state index contributed by atoms with van der Waals surface area (Å²) in [6, 6.07) is 3.25. The molecule has 0 bridgehead atoms. The van der Waals surface area contributed by atoms with E-state index in [0.29, 0.717) is 17.0 Å². The summed E-state index contributed by atoms with van der Waals surface area (Å²) in [6.07, 6.45) is 2.03. The van der Waals surface area contributed by atoms with Crippen molar-refractivity contribution in [2.24, 2.45) is 5.92 Å². The summed E-state index contributed by atoms with van der Waals surface area (Å²) < 4.78 is 23.0. The van der Waals surface area contributed by atoms with Crippen LogP contribution < -0.4 is 5.32 Å². The smallest absolute Gasteiger partial charge is 0.261 e. The first kappa shape index (κ1) is 15.3. The summed E-state index contributed by atoms with van der Waals surface area (Å²) >= 11 is 0. The van der Waals surface area contributed by atoms with Crippen LogP contribution in [0.4, 0.5) is 0 Å². The fourth-order valence-electron chi connectivity index (χ4n) is 2.46. The molecule has 2 unspecified atom stereocenters. The van der Waals surface area contributed by atoms with Crippen molar-refractivity contribution < 1.29 is 13.2 Å². The van der Waals surface area contributed by atoms with Crippen molar-refractivity contribution in [2.45, 2.75) is 44.6 Å². The van der Waals surface area contributed by atoms with Gasteiger partial charge < -0.3 is 5.32 Å². The van der Waals surface area contributed by atoms with Crippen LogP contribution >= 0.6 is 10.7 Å². The third-order valence-corrected chi connectivity index (χ3v) is 5.26. The molecule has 1 aromatic carbocycles. The Labute approximate surface area is 123 Å². The Morgan fingerprint density at radius 3 is 2.50 bits per heavy atom. The largest absolute Gasteiger partial charge is 0.349 e. The molecular formula is C14H18ClNO3S. The van der Waals surface area contributed by atoms with Crippen molar-refractivity contribution in [1.29, 1.82) is 0 Å². The number of hydrogen-bond donors (Lipinski definition) is 1. The number of benzene rings is 1. The summed E-state index contributed by atoms with van der Waals surface area (Å²) in [7, 11) is 1.55. The first-order valence-electron chi connectivity index (χ1n) is 6.60. The third-order valence-electron chi connectivity index (χ3n) is 3.79. The first-order valence-corrected chi connectivity index (χ1v) is 8.91. The second-order valence-electron chi connectivity index (χ2n) is 5.35. The second kappa shape index (κ2) is 5.37. The quantitative estimate of drug-likeness (QED) is 0.869. The van der Waals surface area contributed by atoms with Gasteiger partial charge in [0.1, 0.15) is 0 Å². The molecule has 0 saturated heterocycles. The average Bonchev–Trinajstić information content (AvgIpc) is 3.05. The highest BCUT2D eigenvalue weighted by Crippen LogP contribution is 2.33. The van der Waals surface area contributed by atoms with Gasteiger partial charge in [-0.3, -0.25) is 4.79 Å². The first-order chi connectivity index (χ1) is 9.24. The zero-order valence-electron chi connectivity index (χ0n) is 11.7. The molecule has 2 rings (SSSR count). The van der Waals surface area contributed by atoms with Gasteiger partial charge in [-0.2, -0.15) is 0 Å². The molecule has 6 heteroatoms. The van der Waals surface area contributed by atoms with Gasteiger partial charge in [-0.05, 0) is 43.4 Å². The predicted molar refractivity (Wildman–Crippen MR) is 78.6 cm³/mol. The molecule has 1 fully saturated rings. The SMILES string of the molecule is CCC1CC1NC(=O)c1cc(S(=O)(=O)Cl)c(C)cc1C. The number of halogens is 1. The number of rotatable bonds is 4. The Bertz CT molecular complexity index is 655. The minimum absolute atomic E-state index is 0.00208. The lowest BCUT2D eigenvalue weighted by molar-refractivity contribution is 0.0948. The lowest BCUT2D eigenvalue weighted by Gasteiger charge is -2.11. The molecule has 1 N–H and O–H groups in total. The highest BCUT2D eigenvalue weighted by molar-refractivity contribution is 8.13. The lowest BCUT2D eigenvalue weighted by atomic mass is 10.0. The van der Waals surface area contributed by atoms with Gasteiger partial charge in [-0.1, -0.05) is 19.4 Å². The fraction of sp³-hybridized carbons (Fsp3) is 0.500. The van der Waals surface area contributed by atoms with Crippen LogP contribution in [0.25, 0.3) is 0 Å². The van der Waals surface area contributed by atoms with Crippen LogP contribution in [0, 0.1) is 19.8 Å². The maximum absolute atomic E-state index is 12.2. The number of aryl methyl sites for hydroxylation is 2. The molecule has 20 heavy (non-hydrogen) atoms. The summed E-state index contributed by atoms with van der Waals surface area (Å²) in [5, 5.41) is 2.93. The maximum atomic E-state index is 12.2. The minimum atomic E-state index is -3.84. The van der Waals surface area contributed by atoms with Gasteiger partial charge in [0.15, 0.2) is 0 Å². The van der Waals surface area contributed by atoms with Gasteiger partial charge in [0.2, 0.25) is 0 Å².